The third-order valence-electron chi connectivity index (χ3n) is 8.33. The van der Waals surface area contributed by atoms with Crippen molar-refractivity contribution >= 4 is 28.3 Å². The third kappa shape index (κ3) is 10.1. The Kier molecular flexibility index (Phi) is 12.5. The van der Waals surface area contributed by atoms with Crippen LogP contribution in [0.2, 0.25) is 5.02 Å². The Morgan fingerprint density at radius 2 is 1.40 bits per heavy atom. The monoisotopic (exact) mass is 654 g/mol. The van der Waals surface area contributed by atoms with Gasteiger partial charge in [-0.15, -0.1) is 0 Å². The van der Waals surface area contributed by atoms with Crippen molar-refractivity contribution in [3.63, 3.8) is 0 Å². The Labute approximate surface area is 290 Å². The smallest absolute Gasteiger partial charge is 0.330 e. The van der Waals surface area contributed by atoms with Crippen LogP contribution in [0.1, 0.15) is 62.6 Å². The SMILES string of the molecule is C=CC(=O)OCCCCOc1ccc2cc(-c3ccc(-c4ccc(C#Cc5ccc(CCCCC(C)C)cc5)cc4Cl)cc3)ccc2c1. The summed E-state index contributed by atoms with van der Waals surface area (Å²) in [7, 11) is 0. The molecule has 0 heterocycles. The highest BCUT2D eigenvalue weighted by Crippen LogP contribution is 2.32. The van der Waals surface area contributed by atoms with Crippen LogP contribution < -0.4 is 4.74 Å². The van der Waals surface area contributed by atoms with E-state index in [0.29, 0.717) is 18.2 Å². The van der Waals surface area contributed by atoms with Gasteiger partial charge in [0.2, 0.25) is 0 Å². The van der Waals surface area contributed by atoms with Gasteiger partial charge in [0, 0.05) is 27.8 Å². The van der Waals surface area contributed by atoms with Gasteiger partial charge >= 0.3 is 5.97 Å². The molecule has 0 fully saturated rings. The van der Waals surface area contributed by atoms with Gasteiger partial charge in [0.05, 0.1) is 13.2 Å². The van der Waals surface area contributed by atoms with Gasteiger partial charge < -0.3 is 9.47 Å². The van der Waals surface area contributed by atoms with Crippen LogP contribution in [-0.2, 0) is 16.0 Å². The van der Waals surface area contributed by atoms with E-state index in [1.165, 1.54) is 30.9 Å². The molecular formula is C44H43ClO3. The predicted molar refractivity (Wildman–Crippen MR) is 201 cm³/mol. The van der Waals surface area contributed by atoms with Crippen molar-refractivity contribution in [2.24, 2.45) is 5.92 Å². The Hall–Kier alpha value is -4.78. The second-order valence-electron chi connectivity index (χ2n) is 12.5. The first-order chi connectivity index (χ1) is 23.4. The van der Waals surface area contributed by atoms with Crippen LogP contribution in [0.15, 0.2) is 116 Å². The van der Waals surface area contributed by atoms with E-state index in [0.717, 1.165) is 75.1 Å². The van der Waals surface area contributed by atoms with E-state index in [-0.39, 0.29) is 0 Å². The van der Waals surface area contributed by atoms with E-state index in [1.54, 1.807) is 0 Å². The lowest BCUT2D eigenvalue weighted by atomic mass is 9.98. The topological polar surface area (TPSA) is 35.5 Å². The Morgan fingerprint density at radius 1 is 0.729 bits per heavy atom. The fourth-order valence-electron chi connectivity index (χ4n) is 5.57. The van der Waals surface area contributed by atoms with Crippen LogP contribution in [0.25, 0.3) is 33.0 Å². The number of benzene rings is 5. The number of carbonyl (C=O) groups excluding carboxylic acids is 1. The number of hydrogen-bond acceptors (Lipinski definition) is 3. The van der Waals surface area contributed by atoms with Gasteiger partial charge in [-0.2, -0.15) is 0 Å². The Balaban J connectivity index is 1.16. The third-order valence-corrected chi connectivity index (χ3v) is 8.64. The summed E-state index contributed by atoms with van der Waals surface area (Å²) in [5.41, 5.74) is 7.61. The molecule has 0 unspecified atom stereocenters. The molecule has 3 nitrogen and oxygen atoms in total. The number of unbranched alkanes of at least 4 members (excludes halogenated alkanes) is 2. The van der Waals surface area contributed by atoms with Gasteiger partial charge in [0.25, 0.3) is 0 Å². The van der Waals surface area contributed by atoms with Crippen LogP contribution in [0.4, 0.5) is 0 Å². The van der Waals surface area contributed by atoms with Crippen molar-refractivity contribution in [3.8, 4) is 39.8 Å². The molecule has 0 bridgehead atoms. The number of hydrogen-bond donors (Lipinski definition) is 0. The summed E-state index contributed by atoms with van der Waals surface area (Å²) in [6.07, 6.45) is 7.66. The van der Waals surface area contributed by atoms with E-state index in [1.807, 2.05) is 18.2 Å². The maximum Gasteiger partial charge on any atom is 0.330 e. The van der Waals surface area contributed by atoms with Crippen LogP contribution in [0, 0.1) is 17.8 Å². The minimum atomic E-state index is -0.392. The van der Waals surface area contributed by atoms with Crippen molar-refractivity contribution in [2.45, 2.75) is 52.4 Å². The molecule has 0 aromatic heterocycles. The summed E-state index contributed by atoms with van der Waals surface area (Å²) in [6.45, 7) is 8.91. The molecule has 0 N–H and O–H groups in total. The van der Waals surface area contributed by atoms with Gasteiger partial charge in [0.1, 0.15) is 5.75 Å². The number of fused-ring (bicyclic) bond motifs is 1. The number of rotatable bonds is 14. The molecule has 0 saturated carbocycles. The zero-order chi connectivity index (χ0) is 33.7. The van der Waals surface area contributed by atoms with Crippen LogP contribution in [0.3, 0.4) is 0 Å². The predicted octanol–water partition coefficient (Wildman–Crippen LogP) is 11.5. The maximum absolute atomic E-state index is 11.1. The summed E-state index contributed by atoms with van der Waals surface area (Å²) in [5.74, 6) is 7.77. The second kappa shape index (κ2) is 17.4. The molecule has 0 amide bonds. The fraction of sp³-hybridized carbons (Fsp3) is 0.250. The lowest BCUT2D eigenvalue weighted by Crippen LogP contribution is -2.04. The highest BCUT2D eigenvalue weighted by molar-refractivity contribution is 6.33. The van der Waals surface area contributed by atoms with Gasteiger partial charge in [0.15, 0.2) is 0 Å². The molecular weight excluding hydrogens is 612 g/mol. The molecule has 5 aromatic carbocycles. The number of aryl methyl sites for hydroxylation is 1. The largest absolute Gasteiger partial charge is 0.494 e. The van der Waals surface area contributed by atoms with E-state index >= 15 is 0 Å². The molecule has 0 aliphatic carbocycles. The highest BCUT2D eigenvalue weighted by Gasteiger charge is 2.07. The maximum atomic E-state index is 11.1. The number of halogens is 1. The summed E-state index contributed by atoms with van der Waals surface area (Å²) in [4.78, 5) is 11.1. The molecule has 5 rings (SSSR count). The summed E-state index contributed by atoms with van der Waals surface area (Å²) < 4.78 is 10.9. The van der Waals surface area contributed by atoms with Crippen molar-refractivity contribution in [1.82, 2.24) is 0 Å². The fourth-order valence-corrected chi connectivity index (χ4v) is 5.86. The molecule has 0 atom stereocenters. The highest BCUT2D eigenvalue weighted by atomic mass is 35.5. The van der Waals surface area contributed by atoms with Gasteiger partial charge in [-0.05, 0) is 107 Å². The first-order valence-electron chi connectivity index (χ1n) is 16.8. The van der Waals surface area contributed by atoms with E-state index in [4.69, 9.17) is 21.1 Å². The lowest BCUT2D eigenvalue weighted by Gasteiger charge is -2.10. The average Bonchev–Trinajstić information content (AvgIpc) is 3.11. The van der Waals surface area contributed by atoms with Crippen LogP contribution >= 0.6 is 11.6 Å². The molecule has 0 spiro atoms. The van der Waals surface area contributed by atoms with Crippen LogP contribution in [0.5, 0.6) is 5.75 Å². The van der Waals surface area contributed by atoms with E-state index < -0.39 is 5.97 Å². The molecule has 0 radical (unpaired) electrons. The first kappa shape index (κ1) is 34.6. The van der Waals surface area contributed by atoms with Crippen molar-refractivity contribution in [3.05, 3.63) is 137 Å². The first-order valence-corrected chi connectivity index (χ1v) is 17.2. The summed E-state index contributed by atoms with van der Waals surface area (Å²) in [5, 5.41) is 2.95. The molecule has 0 aliphatic heterocycles. The standard InChI is InChI=1S/C44H43ClO3/c1-4-44(46)48-28-8-7-27-47-41-25-24-39-30-38(22-23-40(39)31-41)36-18-20-37(21-19-36)42-26-17-35(29-43(42)45)16-15-34-13-11-33(12-14-34)10-6-5-9-32(2)3/h4,11-14,17-26,29-32H,1,5-10,27-28H2,2-3H3. The summed E-state index contributed by atoms with van der Waals surface area (Å²) in [6, 6.07) is 35.8. The number of carbonyl (C=O) groups is 1. The zero-order valence-corrected chi connectivity index (χ0v) is 28.7. The van der Waals surface area contributed by atoms with E-state index in [2.05, 4.69) is 117 Å². The van der Waals surface area contributed by atoms with Crippen molar-refractivity contribution < 1.29 is 14.3 Å². The Morgan fingerprint density at radius 3 is 2.15 bits per heavy atom. The van der Waals surface area contributed by atoms with E-state index in [9.17, 15) is 4.79 Å². The molecule has 48 heavy (non-hydrogen) atoms. The Bertz CT molecular complexity index is 1890. The molecule has 244 valence electrons. The molecule has 0 saturated heterocycles. The average molecular weight is 655 g/mol. The number of ether oxygens (including phenoxy) is 2. The second-order valence-corrected chi connectivity index (χ2v) is 12.9. The normalized spacial score (nSPS) is 10.8. The van der Waals surface area contributed by atoms with Crippen molar-refractivity contribution in [2.75, 3.05) is 13.2 Å². The minimum Gasteiger partial charge on any atom is -0.494 e. The molecule has 0 aliphatic rings. The number of esters is 1. The van der Waals surface area contributed by atoms with Gasteiger partial charge in [-0.25, -0.2) is 4.79 Å². The quantitative estimate of drug-likeness (QED) is 0.0517. The molecule has 5 aromatic rings. The van der Waals surface area contributed by atoms with Gasteiger partial charge in [-0.3, -0.25) is 0 Å². The van der Waals surface area contributed by atoms with Gasteiger partial charge in [-0.1, -0.05) is 117 Å². The van der Waals surface area contributed by atoms with Crippen molar-refractivity contribution in [1.29, 1.82) is 0 Å². The van der Waals surface area contributed by atoms with Crippen LogP contribution in [-0.4, -0.2) is 19.2 Å². The zero-order valence-electron chi connectivity index (χ0n) is 27.9. The molecule has 4 heteroatoms. The summed E-state index contributed by atoms with van der Waals surface area (Å²) >= 11 is 6.75. The minimum absolute atomic E-state index is 0.374. The lowest BCUT2D eigenvalue weighted by molar-refractivity contribution is -0.137.